The van der Waals surface area contributed by atoms with E-state index in [1.54, 1.807) is 0 Å². The van der Waals surface area contributed by atoms with E-state index >= 15 is 0 Å². The first kappa shape index (κ1) is 112. The fraction of sp³-hybridized carbons (Fsp3) is 0.958. The molecule has 0 saturated heterocycles. The molecule has 0 aliphatic rings. The summed E-state index contributed by atoms with van der Waals surface area (Å²) in [4.78, 5) is 73.5. The molecule has 19 heteroatoms. The van der Waals surface area contributed by atoms with Gasteiger partial charge >= 0.3 is 39.5 Å². The first-order valence-corrected chi connectivity index (χ1v) is 51.8. The molecule has 0 heterocycles. The van der Waals surface area contributed by atoms with Crippen LogP contribution in [-0.4, -0.2) is 96.7 Å². The third-order valence-corrected chi connectivity index (χ3v) is 24.9. The van der Waals surface area contributed by atoms with Gasteiger partial charge in [-0.25, -0.2) is 9.13 Å². The van der Waals surface area contributed by atoms with Crippen molar-refractivity contribution in [3.8, 4) is 0 Å². The molecule has 0 amide bonds. The van der Waals surface area contributed by atoms with Gasteiger partial charge < -0.3 is 33.8 Å². The number of esters is 4. The van der Waals surface area contributed by atoms with Crippen LogP contribution in [0.1, 0.15) is 505 Å². The number of rotatable bonds is 92. The Labute approximate surface area is 702 Å². The van der Waals surface area contributed by atoms with Gasteiger partial charge in [0.05, 0.1) is 26.4 Å². The van der Waals surface area contributed by atoms with Crippen LogP contribution in [0, 0.1) is 23.7 Å². The minimum atomic E-state index is -4.97. The number of unbranched alkanes of at least 4 members (excludes halogenated alkanes) is 56. The highest BCUT2D eigenvalue weighted by atomic mass is 31.2. The minimum Gasteiger partial charge on any atom is -0.462 e. The molecule has 678 valence electrons. The van der Waals surface area contributed by atoms with Crippen LogP contribution in [0.15, 0.2) is 0 Å². The Morgan fingerprint density at radius 3 is 0.623 bits per heavy atom. The zero-order chi connectivity index (χ0) is 83.7. The van der Waals surface area contributed by atoms with Crippen LogP contribution >= 0.6 is 15.6 Å². The van der Waals surface area contributed by atoms with Crippen molar-refractivity contribution in [3.63, 3.8) is 0 Å². The van der Waals surface area contributed by atoms with Crippen LogP contribution in [0.5, 0.6) is 0 Å². The van der Waals surface area contributed by atoms with E-state index in [0.717, 1.165) is 114 Å². The van der Waals surface area contributed by atoms with E-state index in [-0.39, 0.29) is 25.7 Å². The quantitative estimate of drug-likeness (QED) is 0.0222. The fourth-order valence-electron chi connectivity index (χ4n) is 14.8. The average Bonchev–Trinajstić information content (AvgIpc) is 0.890. The maximum absolute atomic E-state index is 13.2. The van der Waals surface area contributed by atoms with Crippen LogP contribution in [-0.2, 0) is 65.4 Å². The maximum atomic E-state index is 13.2. The summed E-state index contributed by atoms with van der Waals surface area (Å²) in [6, 6.07) is 0. The van der Waals surface area contributed by atoms with Crippen LogP contribution in [0.2, 0.25) is 0 Å². The largest absolute Gasteiger partial charge is 0.472 e. The second-order valence-corrected chi connectivity index (χ2v) is 38.5. The molecule has 0 aliphatic carbocycles. The highest BCUT2D eigenvalue weighted by Crippen LogP contribution is 2.45. The van der Waals surface area contributed by atoms with E-state index in [9.17, 15) is 43.2 Å². The topological polar surface area (TPSA) is 237 Å². The molecule has 114 heavy (non-hydrogen) atoms. The molecule has 0 bridgehead atoms. The van der Waals surface area contributed by atoms with E-state index in [4.69, 9.17) is 37.0 Å². The third-order valence-electron chi connectivity index (χ3n) is 23.0. The van der Waals surface area contributed by atoms with Gasteiger partial charge in [-0.05, 0) is 49.4 Å². The van der Waals surface area contributed by atoms with Crippen molar-refractivity contribution in [1.29, 1.82) is 0 Å². The standard InChI is InChI=1S/C95H186O17P2/c1-9-87(7)73-65-57-49-40-34-28-22-15-11-13-17-24-30-36-42-51-59-67-75-92(97)105-81-90(111-94(99)77-69-61-53-43-37-31-25-18-14-12-16-23-29-35-41-50-58-66-74-88(8)10-2)83-109-113(101,102)107-79-89(96)80-108-114(103,104)110-84-91(82-106-93(98)76-68-60-52-46-45-48-56-64-72-86(5)6)112-95(100)78-70-62-54-44-38-32-26-20-19-21-27-33-39-47-55-63-71-85(3)4/h85-91,96H,9-84H2,1-8H3,(H,101,102)(H,103,104)/t87?,88?,89-,90-,91-/m1/s1. The van der Waals surface area contributed by atoms with Crippen LogP contribution in [0.4, 0.5) is 0 Å². The van der Waals surface area contributed by atoms with Gasteiger partial charge in [-0.15, -0.1) is 0 Å². The van der Waals surface area contributed by atoms with Crippen LogP contribution < -0.4 is 0 Å². The van der Waals surface area contributed by atoms with Gasteiger partial charge in [0.2, 0.25) is 0 Å². The molecule has 0 aromatic heterocycles. The van der Waals surface area contributed by atoms with E-state index in [0.29, 0.717) is 25.7 Å². The summed E-state index contributed by atoms with van der Waals surface area (Å²) in [5.41, 5.74) is 0. The number of hydrogen-bond acceptors (Lipinski definition) is 15. The number of aliphatic hydroxyl groups excluding tert-OH is 1. The molecule has 0 aliphatic heterocycles. The molecule has 7 atom stereocenters. The summed E-state index contributed by atoms with van der Waals surface area (Å²) in [6.07, 6.45) is 76.5. The molecule has 4 unspecified atom stereocenters. The Hall–Kier alpha value is -1.94. The predicted molar refractivity (Wildman–Crippen MR) is 474 cm³/mol. The molecule has 3 N–H and O–H groups in total. The number of aliphatic hydroxyl groups is 1. The van der Waals surface area contributed by atoms with E-state index in [1.807, 2.05) is 0 Å². The average molecular weight is 1660 g/mol. The zero-order valence-electron chi connectivity index (χ0n) is 75.7. The lowest BCUT2D eigenvalue weighted by Gasteiger charge is -2.21. The van der Waals surface area contributed by atoms with Gasteiger partial charge in [0.1, 0.15) is 19.3 Å². The lowest BCUT2D eigenvalue weighted by atomic mass is 9.99. The number of phosphoric ester groups is 2. The number of carbonyl (C=O) groups is 4. The summed E-state index contributed by atoms with van der Waals surface area (Å²) in [5, 5.41) is 10.7. The molecule has 0 spiro atoms. The molecule has 17 nitrogen and oxygen atoms in total. The first-order chi connectivity index (χ1) is 55.2. The van der Waals surface area contributed by atoms with Crippen molar-refractivity contribution in [2.24, 2.45) is 23.7 Å². The summed E-state index contributed by atoms with van der Waals surface area (Å²) >= 11 is 0. The first-order valence-electron chi connectivity index (χ1n) is 48.8. The molecule has 0 radical (unpaired) electrons. The Kier molecular flexibility index (Phi) is 81.9. The smallest absolute Gasteiger partial charge is 0.462 e. The molecule has 0 saturated carbocycles. The summed E-state index contributed by atoms with van der Waals surface area (Å²) in [6.45, 7) is 14.5. The summed E-state index contributed by atoms with van der Waals surface area (Å²) < 4.78 is 69.2. The highest BCUT2D eigenvalue weighted by Gasteiger charge is 2.31. The zero-order valence-corrected chi connectivity index (χ0v) is 77.5. The molecular formula is C95H186O17P2. The Morgan fingerprint density at radius 1 is 0.246 bits per heavy atom. The van der Waals surface area contributed by atoms with Gasteiger partial charge in [-0.3, -0.25) is 37.3 Å². The second kappa shape index (κ2) is 83.3. The summed E-state index contributed by atoms with van der Waals surface area (Å²) in [5.74, 6) is 1.18. The van der Waals surface area contributed by atoms with Crippen LogP contribution in [0.25, 0.3) is 0 Å². The Bertz CT molecular complexity index is 2200. The molecular weight excluding hydrogens is 1470 g/mol. The minimum absolute atomic E-state index is 0.107. The van der Waals surface area contributed by atoms with Crippen LogP contribution in [0.3, 0.4) is 0 Å². The SMILES string of the molecule is CCC(C)CCCCCCCCCCCCCCCCCCCCC(=O)OC[C@H](COP(=O)(O)OC[C@@H](O)COP(=O)(O)OC[C@@H](COC(=O)CCCCCCCCCCC(C)C)OC(=O)CCCCCCCCCCCCCCCCCCC(C)C)OC(=O)CCCCCCCCCCCCCCCCCCCCC(C)CC. The van der Waals surface area contributed by atoms with Crippen molar-refractivity contribution in [2.45, 2.75) is 523 Å². The van der Waals surface area contributed by atoms with Crippen molar-refractivity contribution in [2.75, 3.05) is 39.6 Å². The number of hydrogen-bond donors (Lipinski definition) is 3. The maximum Gasteiger partial charge on any atom is 0.472 e. The van der Waals surface area contributed by atoms with Crippen molar-refractivity contribution in [1.82, 2.24) is 0 Å². The molecule has 0 aromatic carbocycles. The lowest BCUT2D eigenvalue weighted by molar-refractivity contribution is -0.161. The van der Waals surface area contributed by atoms with Gasteiger partial charge in [0, 0.05) is 25.7 Å². The highest BCUT2D eigenvalue weighted by molar-refractivity contribution is 7.47. The van der Waals surface area contributed by atoms with Gasteiger partial charge in [0.25, 0.3) is 0 Å². The second-order valence-electron chi connectivity index (χ2n) is 35.5. The summed E-state index contributed by atoms with van der Waals surface area (Å²) in [7, 11) is -9.94. The fourth-order valence-corrected chi connectivity index (χ4v) is 16.4. The van der Waals surface area contributed by atoms with Gasteiger partial charge in [0.15, 0.2) is 12.2 Å². The monoisotopic (exact) mass is 1660 g/mol. The van der Waals surface area contributed by atoms with E-state index in [1.165, 1.54) is 308 Å². The Morgan fingerprint density at radius 2 is 0.421 bits per heavy atom. The van der Waals surface area contributed by atoms with E-state index < -0.39 is 97.5 Å². The van der Waals surface area contributed by atoms with Crippen molar-refractivity contribution < 1.29 is 80.2 Å². The van der Waals surface area contributed by atoms with Crippen molar-refractivity contribution in [3.05, 3.63) is 0 Å². The predicted octanol–water partition coefficient (Wildman–Crippen LogP) is 29.5. The molecule has 0 aromatic rings. The number of phosphoric acid groups is 2. The molecule has 0 rings (SSSR count). The van der Waals surface area contributed by atoms with Gasteiger partial charge in [-0.2, -0.15) is 0 Å². The number of carbonyl (C=O) groups excluding carboxylic acids is 4. The van der Waals surface area contributed by atoms with Crippen molar-refractivity contribution >= 4 is 39.5 Å². The molecule has 0 fully saturated rings. The Balaban J connectivity index is 5.23. The normalized spacial score (nSPS) is 14.3. The van der Waals surface area contributed by atoms with E-state index in [2.05, 4.69) is 55.4 Å². The lowest BCUT2D eigenvalue weighted by Crippen LogP contribution is -2.30. The van der Waals surface area contributed by atoms with Gasteiger partial charge in [-0.1, -0.05) is 453 Å². The third kappa shape index (κ3) is 85.1. The number of ether oxygens (including phenoxy) is 4.